The third-order valence-corrected chi connectivity index (χ3v) is 5.50. The molecule has 9 heteroatoms. The van der Waals surface area contributed by atoms with Crippen molar-refractivity contribution in [1.82, 2.24) is 9.21 Å². The molecule has 1 heterocycles. The molecule has 1 aromatic carbocycles. The highest BCUT2D eigenvalue weighted by molar-refractivity contribution is 7.89. The van der Waals surface area contributed by atoms with Gasteiger partial charge in [-0.1, -0.05) is 6.07 Å². The fraction of sp³-hybridized carbons (Fsp3) is 0.538. The van der Waals surface area contributed by atoms with Crippen molar-refractivity contribution in [2.24, 2.45) is 0 Å². The van der Waals surface area contributed by atoms with Crippen LogP contribution in [0.15, 0.2) is 29.2 Å². The number of rotatable bonds is 6. The number of nitro benzene ring substituents is 1. The van der Waals surface area contributed by atoms with E-state index in [-0.39, 0.29) is 10.6 Å². The average molecular weight is 329 g/mol. The minimum atomic E-state index is -3.69. The Morgan fingerprint density at radius 2 is 1.95 bits per heavy atom. The Bertz CT molecular complexity index is 626. The summed E-state index contributed by atoms with van der Waals surface area (Å²) >= 11 is 0. The van der Waals surface area contributed by atoms with Gasteiger partial charge in [-0.05, 0) is 6.07 Å². The lowest BCUT2D eigenvalue weighted by Crippen LogP contribution is -2.49. The number of hydrogen-bond donors (Lipinski definition) is 0. The zero-order valence-electron chi connectivity index (χ0n) is 12.3. The van der Waals surface area contributed by atoms with Crippen LogP contribution in [0.1, 0.15) is 0 Å². The summed E-state index contributed by atoms with van der Waals surface area (Å²) in [6.07, 6.45) is 0. The zero-order valence-corrected chi connectivity index (χ0v) is 13.2. The second-order valence-corrected chi connectivity index (χ2v) is 6.93. The Morgan fingerprint density at radius 3 is 2.55 bits per heavy atom. The smallest absolute Gasteiger partial charge is 0.270 e. The van der Waals surface area contributed by atoms with Crippen molar-refractivity contribution in [3.8, 4) is 0 Å². The van der Waals surface area contributed by atoms with Gasteiger partial charge in [0.1, 0.15) is 0 Å². The number of ether oxygens (including phenoxy) is 1. The summed E-state index contributed by atoms with van der Waals surface area (Å²) in [6.45, 7) is 3.36. The molecule has 1 aliphatic heterocycles. The van der Waals surface area contributed by atoms with E-state index >= 15 is 0 Å². The van der Waals surface area contributed by atoms with Crippen molar-refractivity contribution < 1.29 is 18.1 Å². The normalized spacial score (nSPS) is 17.5. The van der Waals surface area contributed by atoms with Crippen molar-refractivity contribution in [1.29, 1.82) is 0 Å². The molecule has 0 amide bonds. The number of benzene rings is 1. The van der Waals surface area contributed by atoms with Gasteiger partial charge >= 0.3 is 0 Å². The summed E-state index contributed by atoms with van der Waals surface area (Å²) in [4.78, 5) is 12.3. The van der Waals surface area contributed by atoms with E-state index in [0.717, 1.165) is 12.6 Å². The van der Waals surface area contributed by atoms with Gasteiger partial charge in [0.25, 0.3) is 5.69 Å². The first-order chi connectivity index (χ1) is 10.4. The van der Waals surface area contributed by atoms with E-state index in [2.05, 4.69) is 4.90 Å². The van der Waals surface area contributed by atoms with Gasteiger partial charge < -0.3 is 4.74 Å². The number of hydrogen-bond acceptors (Lipinski definition) is 6. The molecule has 0 aliphatic carbocycles. The molecule has 0 spiro atoms. The van der Waals surface area contributed by atoms with Crippen molar-refractivity contribution in [3.05, 3.63) is 34.4 Å². The molecule has 0 atom stereocenters. The molecule has 2 rings (SSSR count). The fourth-order valence-corrected chi connectivity index (χ4v) is 3.78. The van der Waals surface area contributed by atoms with Gasteiger partial charge in [0, 0.05) is 52.0 Å². The summed E-state index contributed by atoms with van der Waals surface area (Å²) in [6, 6.07) is 5.16. The van der Waals surface area contributed by atoms with Crippen molar-refractivity contribution in [2.45, 2.75) is 4.90 Å². The Hall–Kier alpha value is -1.55. The second-order valence-electron chi connectivity index (χ2n) is 4.99. The van der Waals surface area contributed by atoms with Gasteiger partial charge in [-0.2, -0.15) is 4.31 Å². The molecule has 0 N–H and O–H groups in total. The molecule has 1 aliphatic rings. The molecule has 0 radical (unpaired) electrons. The monoisotopic (exact) mass is 329 g/mol. The lowest BCUT2D eigenvalue weighted by molar-refractivity contribution is -0.385. The van der Waals surface area contributed by atoms with E-state index in [9.17, 15) is 18.5 Å². The first-order valence-electron chi connectivity index (χ1n) is 6.91. The summed E-state index contributed by atoms with van der Waals surface area (Å²) in [7, 11) is -2.06. The van der Waals surface area contributed by atoms with Crippen LogP contribution in [-0.4, -0.2) is 69.0 Å². The van der Waals surface area contributed by atoms with E-state index in [1.54, 1.807) is 7.11 Å². The highest BCUT2D eigenvalue weighted by atomic mass is 32.2. The Balaban J connectivity index is 2.08. The van der Waals surface area contributed by atoms with Crippen LogP contribution in [0.2, 0.25) is 0 Å². The Labute approximate surface area is 129 Å². The summed E-state index contributed by atoms with van der Waals surface area (Å²) in [5.41, 5.74) is -0.222. The first-order valence-corrected chi connectivity index (χ1v) is 8.35. The molecule has 0 saturated carbocycles. The van der Waals surface area contributed by atoms with E-state index in [1.165, 1.54) is 22.5 Å². The summed E-state index contributed by atoms with van der Waals surface area (Å²) < 4.78 is 31.5. The van der Waals surface area contributed by atoms with E-state index in [4.69, 9.17) is 4.74 Å². The van der Waals surface area contributed by atoms with Crippen LogP contribution in [0, 0.1) is 10.1 Å². The maximum absolute atomic E-state index is 12.5. The SMILES string of the molecule is COCCN1CCN(S(=O)(=O)c2cccc([N+](=O)[O-])c2)CC1. The van der Waals surface area contributed by atoms with Gasteiger partial charge in [0.15, 0.2) is 0 Å². The van der Waals surface area contributed by atoms with Crippen molar-refractivity contribution in [3.63, 3.8) is 0 Å². The molecule has 22 heavy (non-hydrogen) atoms. The topological polar surface area (TPSA) is 93.0 Å². The van der Waals surface area contributed by atoms with E-state index < -0.39 is 14.9 Å². The van der Waals surface area contributed by atoms with Crippen LogP contribution in [0.3, 0.4) is 0 Å². The maximum atomic E-state index is 12.5. The molecule has 0 bridgehead atoms. The quantitative estimate of drug-likeness (QED) is 0.559. The number of non-ortho nitro benzene ring substituents is 1. The van der Waals surface area contributed by atoms with Crippen LogP contribution in [0.5, 0.6) is 0 Å². The number of nitrogens with zero attached hydrogens (tertiary/aromatic N) is 3. The molecule has 8 nitrogen and oxygen atoms in total. The van der Waals surface area contributed by atoms with Crippen LogP contribution < -0.4 is 0 Å². The third kappa shape index (κ3) is 3.80. The molecular formula is C13H19N3O5S. The highest BCUT2D eigenvalue weighted by Crippen LogP contribution is 2.21. The standard InChI is InChI=1S/C13H19N3O5S/c1-21-10-9-14-5-7-15(8-6-14)22(19,20)13-4-2-3-12(11-13)16(17)18/h2-4,11H,5-10H2,1H3. The molecule has 1 aromatic rings. The number of nitro groups is 1. The van der Waals surface area contributed by atoms with Gasteiger partial charge in [-0.3, -0.25) is 15.0 Å². The number of sulfonamides is 1. The Morgan fingerprint density at radius 1 is 1.27 bits per heavy atom. The third-order valence-electron chi connectivity index (χ3n) is 3.61. The minimum absolute atomic E-state index is 0.0351. The number of methoxy groups -OCH3 is 1. The summed E-state index contributed by atoms with van der Waals surface area (Å²) in [5.74, 6) is 0. The van der Waals surface area contributed by atoms with Crippen LogP contribution in [0.4, 0.5) is 5.69 Å². The van der Waals surface area contributed by atoms with Crippen molar-refractivity contribution in [2.75, 3.05) is 46.4 Å². The molecule has 1 fully saturated rings. The second kappa shape index (κ2) is 7.14. The van der Waals surface area contributed by atoms with Gasteiger partial charge in [0.05, 0.1) is 16.4 Å². The number of piperazine rings is 1. The minimum Gasteiger partial charge on any atom is -0.383 e. The van der Waals surface area contributed by atoms with Crippen LogP contribution in [-0.2, 0) is 14.8 Å². The van der Waals surface area contributed by atoms with E-state index in [0.29, 0.717) is 32.8 Å². The highest BCUT2D eigenvalue weighted by Gasteiger charge is 2.29. The molecule has 0 aromatic heterocycles. The van der Waals surface area contributed by atoms with Gasteiger partial charge in [-0.25, -0.2) is 8.42 Å². The summed E-state index contributed by atoms with van der Waals surface area (Å²) in [5, 5.41) is 10.8. The average Bonchev–Trinajstić information content (AvgIpc) is 2.53. The largest absolute Gasteiger partial charge is 0.383 e. The molecule has 122 valence electrons. The fourth-order valence-electron chi connectivity index (χ4n) is 2.32. The maximum Gasteiger partial charge on any atom is 0.270 e. The molecule has 1 saturated heterocycles. The van der Waals surface area contributed by atoms with Gasteiger partial charge in [-0.15, -0.1) is 0 Å². The van der Waals surface area contributed by atoms with Crippen LogP contribution in [0.25, 0.3) is 0 Å². The molecule has 0 unspecified atom stereocenters. The lowest BCUT2D eigenvalue weighted by atomic mass is 10.3. The van der Waals surface area contributed by atoms with Crippen LogP contribution >= 0.6 is 0 Å². The zero-order chi connectivity index (χ0) is 16.2. The molecular weight excluding hydrogens is 310 g/mol. The lowest BCUT2D eigenvalue weighted by Gasteiger charge is -2.33. The van der Waals surface area contributed by atoms with Crippen molar-refractivity contribution >= 4 is 15.7 Å². The Kier molecular flexibility index (Phi) is 5.46. The van der Waals surface area contributed by atoms with E-state index in [1.807, 2.05) is 0 Å². The van der Waals surface area contributed by atoms with Gasteiger partial charge in [0.2, 0.25) is 10.0 Å². The predicted molar refractivity (Wildman–Crippen MR) is 80.2 cm³/mol. The first kappa shape index (κ1) is 16.8. The predicted octanol–water partition coefficient (Wildman–Crippen LogP) is 0.548.